The van der Waals surface area contributed by atoms with Crippen LogP contribution in [0.5, 0.6) is 0 Å². The molecule has 48 heavy (non-hydrogen) atoms. The van der Waals surface area contributed by atoms with Crippen molar-refractivity contribution in [1.29, 1.82) is 0 Å². The lowest BCUT2D eigenvalue weighted by Crippen LogP contribution is -2.29. The first-order valence-electron chi connectivity index (χ1n) is 15.7. The second kappa shape index (κ2) is 11.4. The summed E-state index contributed by atoms with van der Waals surface area (Å²) >= 11 is 0. The fourth-order valence-electron chi connectivity index (χ4n) is 6.59. The molecule has 0 aromatic heterocycles. The van der Waals surface area contributed by atoms with Crippen molar-refractivity contribution in [3.63, 3.8) is 0 Å². The van der Waals surface area contributed by atoms with E-state index in [0.29, 0.717) is 39.4 Å². The van der Waals surface area contributed by atoms with E-state index in [1.807, 2.05) is 73.7 Å². The summed E-state index contributed by atoms with van der Waals surface area (Å²) in [5.74, 6) is -2.50. The van der Waals surface area contributed by atoms with Crippen LogP contribution in [0.4, 0.5) is 0 Å². The van der Waals surface area contributed by atoms with Gasteiger partial charge in [0.2, 0.25) is 0 Å². The van der Waals surface area contributed by atoms with Crippen molar-refractivity contribution >= 4 is 56.6 Å². The maximum atomic E-state index is 14.4. The van der Waals surface area contributed by atoms with Crippen LogP contribution in [0.25, 0.3) is 33.1 Å². The number of ketones is 2. The highest BCUT2D eigenvalue weighted by Crippen LogP contribution is 2.45. The van der Waals surface area contributed by atoms with Crippen molar-refractivity contribution in [2.45, 2.75) is 13.3 Å². The Morgan fingerprint density at radius 2 is 0.958 bits per heavy atom. The number of hydrogen-bond donors (Lipinski definition) is 0. The molecule has 0 heterocycles. The Morgan fingerprint density at radius 1 is 0.500 bits per heavy atom. The lowest BCUT2D eigenvalue weighted by molar-refractivity contribution is 0.0673. The van der Waals surface area contributed by atoms with Crippen LogP contribution in [0.2, 0.25) is 0 Å². The van der Waals surface area contributed by atoms with E-state index in [4.69, 9.17) is 9.47 Å². The minimum atomic E-state index is -0.688. The van der Waals surface area contributed by atoms with Gasteiger partial charge in [-0.15, -0.1) is 0 Å². The molecule has 6 aromatic rings. The van der Waals surface area contributed by atoms with E-state index >= 15 is 0 Å². The minimum absolute atomic E-state index is 0.0500. The third-order valence-corrected chi connectivity index (χ3v) is 8.96. The molecule has 0 saturated heterocycles. The standard InChI is InChI=1S/C42H26O6/c1-2-24-21-22-30-34(23-24)40(48-42(46)33-20-10-14-26-12-4-6-16-28(26)33)36-35(38(30)44)39(31-18-8-7-17-29(31)37(36)43)47-41(45)32-19-9-13-25-11-3-5-15-27(25)32/h3-23H,2H2,1H3. The van der Waals surface area contributed by atoms with Crippen LogP contribution < -0.4 is 0 Å². The predicted octanol–water partition coefficient (Wildman–Crippen LogP) is 8.78. The van der Waals surface area contributed by atoms with Crippen molar-refractivity contribution in [2.24, 2.45) is 0 Å². The Kier molecular flexibility index (Phi) is 6.92. The first-order chi connectivity index (χ1) is 23.4. The number of ether oxygens (including phenoxy) is 2. The van der Waals surface area contributed by atoms with E-state index in [1.165, 1.54) is 0 Å². The van der Waals surface area contributed by atoms with E-state index in [9.17, 15) is 19.2 Å². The lowest BCUT2D eigenvalue weighted by atomic mass is 9.76. The molecule has 2 aliphatic carbocycles. The highest BCUT2D eigenvalue weighted by atomic mass is 16.5. The van der Waals surface area contributed by atoms with Gasteiger partial charge in [0, 0.05) is 22.3 Å². The maximum Gasteiger partial charge on any atom is 0.344 e. The summed E-state index contributed by atoms with van der Waals surface area (Å²) in [6.07, 6.45) is 0.648. The summed E-state index contributed by atoms with van der Waals surface area (Å²) < 4.78 is 12.4. The topological polar surface area (TPSA) is 86.7 Å². The maximum absolute atomic E-state index is 14.4. The predicted molar refractivity (Wildman–Crippen MR) is 183 cm³/mol. The molecule has 8 rings (SSSR count). The molecular formula is C42H26O6. The van der Waals surface area contributed by atoms with Gasteiger partial charge in [-0.3, -0.25) is 9.59 Å². The Bertz CT molecular complexity index is 2450. The van der Waals surface area contributed by atoms with Crippen LogP contribution in [0, 0.1) is 0 Å². The summed E-state index contributed by atoms with van der Waals surface area (Å²) in [4.78, 5) is 56.8. The molecule has 0 atom stereocenters. The van der Waals surface area contributed by atoms with E-state index in [-0.39, 0.29) is 33.8 Å². The second-order valence-electron chi connectivity index (χ2n) is 11.7. The number of hydrogen-bond acceptors (Lipinski definition) is 6. The van der Waals surface area contributed by atoms with Crippen molar-refractivity contribution in [3.8, 4) is 0 Å². The zero-order valence-electron chi connectivity index (χ0n) is 25.8. The molecule has 0 spiro atoms. The van der Waals surface area contributed by atoms with Crippen molar-refractivity contribution in [1.82, 2.24) is 0 Å². The first kappa shape index (κ1) is 29.0. The molecule has 2 aliphatic rings. The van der Waals surface area contributed by atoms with E-state index in [1.54, 1.807) is 60.7 Å². The summed E-state index contributed by atoms with van der Waals surface area (Å²) in [7, 11) is 0. The highest BCUT2D eigenvalue weighted by Gasteiger charge is 2.43. The van der Waals surface area contributed by atoms with Crippen LogP contribution in [-0.4, -0.2) is 23.5 Å². The van der Waals surface area contributed by atoms with Gasteiger partial charge in [-0.05, 0) is 51.7 Å². The molecule has 230 valence electrons. The van der Waals surface area contributed by atoms with Crippen LogP contribution in [0.1, 0.15) is 65.0 Å². The number of carbonyl (C=O) groups excluding carboxylic acids is 4. The molecule has 0 saturated carbocycles. The van der Waals surface area contributed by atoms with E-state index < -0.39 is 23.5 Å². The molecule has 0 N–H and O–H groups in total. The van der Waals surface area contributed by atoms with E-state index in [0.717, 1.165) is 16.3 Å². The molecular weight excluding hydrogens is 600 g/mol. The van der Waals surface area contributed by atoms with E-state index in [2.05, 4.69) is 0 Å². The number of allylic oxidation sites excluding steroid dienone is 2. The summed E-state index contributed by atoms with van der Waals surface area (Å²) in [6.45, 7) is 1.97. The monoisotopic (exact) mass is 626 g/mol. The van der Waals surface area contributed by atoms with Crippen molar-refractivity contribution in [3.05, 3.63) is 177 Å². The van der Waals surface area contributed by atoms with Gasteiger partial charge in [0.25, 0.3) is 0 Å². The summed E-state index contributed by atoms with van der Waals surface area (Å²) in [5, 5.41) is 3.07. The normalized spacial score (nSPS) is 13.7. The van der Waals surface area contributed by atoms with Gasteiger partial charge in [-0.2, -0.15) is 0 Å². The molecule has 0 bridgehead atoms. The van der Waals surface area contributed by atoms with Crippen molar-refractivity contribution < 1.29 is 28.7 Å². The third-order valence-electron chi connectivity index (χ3n) is 8.96. The number of esters is 2. The van der Waals surface area contributed by atoms with Gasteiger partial charge < -0.3 is 9.47 Å². The number of benzene rings is 6. The highest BCUT2D eigenvalue weighted by molar-refractivity contribution is 6.34. The van der Waals surface area contributed by atoms with Gasteiger partial charge in [-0.25, -0.2) is 9.59 Å². The zero-order valence-corrected chi connectivity index (χ0v) is 25.8. The second-order valence-corrected chi connectivity index (χ2v) is 11.7. The lowest BCUT2D eigenvalue weighted by Gasteiger charge is -2.29. The molecule has 0 unspecified atom stereocenters. The van der Waals surface area contributed by atoms with Gasteiger partial charge in [0.1, 0.15) is 0 Å². The van der Waals surface area contributed by atoms with Crippen molar-refractivity contribution in [2.75, 3.05) is 0 Å². The van der Waals surface area contributed by atoms with Crippen LogP contribution in [0.15, 0.2) is 139 Å². The molecule has 6 aromatic carbocycles. The average Bonchev–Trinajstić information content (AvgIpc) is 3.13. The number of fused-ring (bicyclic) bond motifs is 5. The van der Waals surface area contributed by atoms with Gasteiger partial charge in [0.05, 0.1) is 22.3 Å². The quantitative estimate of drug-likeness (QED) is 0.178. The molecule has 0 fully saturated rings. The van der Waals surface area contributed by atoms with Crippen LogP contribution in [-0.2, 0) is 15.9 Å². The fraction of sp³-hybridized carbons (Fsp3) is 0.0476. The SMILES string of the molecule is CCc1ccc2c(c1)C(OC(=O)c1cccc3ccccc13)=C1C(=O)c3ccccc3C(OC(=O)c3cccc4ccccc34)=C1C2=O. The van der Waals surface area contributed by atoms with Crippen LogP contribution >= 0.6 is 0 Å². The Morgan fingerprint density at radius 3 is 1.52 bits per heavy atom. The summed E-state index contributed by atoms with van der Waals surface area (Å²) in [5.41, 5.74) is 2.35. The van der Waals surface area contributed by atoms with Crippen LogP contribution in [0.3, 0.4) is 0 Å². The van der Waals surface area contributed by atoms with Gasteiger partial charge in [0.15, 0.2) is 23.1 Å². The minimum Gasteiger partial charge on any atom is -0.421 e. The third kappa shape index (κ3) is 4.57. The average molecular weight is 627 g/mol. The number of carbonyl (C=O) groups is 4. The molecule has 6 heteroatoms. The van der Waals surface area contributed by atoms with Gasteiger partial charge >= 0.3 is 11.9 Å². The first-order valence-corrected chi connectivity index (χ1v) is 15.7. The Balaban J connectivity index is 1.36. The number of Topliss-reactive ketones (excluding diaryl/α,β-unsaturated/α-hetero) is 2. The number of rotatable bonds is 5. The number of aryl methyl sites for hydroxylation is 1. The smallest absolute Gasteiger partial charge is 0.344 e. The summed E-state index contributed by atoms with van der Waals surface area (Å²) in [6, 6.07) is 37.5. The molecule has 0 radical (unpaired) electrons. The Hall–Kier alpha value is -6.40. The molecule has 6 nitrogen and oxygen atoms in total. The molecule has 0 aliphatic heterocycles. The zero-order chi connectivity index (χ0) is 32.9. The molecule has 0 amide bonds. The fourth-order valence-corrected chi connectivity index (χ4v) is 6.59. The largest absolute Gasteiger partial charge is 0.421 e. The van der Waals surface area contributed by atoms with Gasteiger partial charge in [-0.1, -0.05) is 116 Å². The Labute approximate surface area is 275 Å².